The van der Waals surface area contributed by atoms with Gasteiger partial charge < -0.3 is 20.3 Å². The maximum Gasteiger partial charge on any atom is 0.410 e. The molecule has 3 heterocycles. The standard InChI is InChI=1S/C15H22N4O2/c1-15(2,3)21-14(20)19-9-11-6-12(19)8-18(11)13-5-4-10(16)7-17-13/h4-5,7,11-12H,6,8-9,16H2,1-3H3/t11-,12+/m1/s1. The van der Waals surface area contributed by atoms with Crippen LogP contribution in [0, 0.1) is 0 Å². The third-order valence-corrected chi connectivity index (χ3v) is 3.93. The Morgan fingerprint density at radius 2 is 2.10 bits per heavy atom. The van der Waals surface area contributed by atoms with Gasteiger partial charge in [0.25, 0.3) is 0 Å². The molecule has 0 radical (unpaired) electrons. The van der Waals surface area contributed by atoms with E-state index in [-0.39, 0.29) is 12.1 Å². The van der Waals surface area contributed by atoms with Crippen LogP contribution in [-0.4, -0.2) is 46.8 Å². The Balaban J connectivity index is 1.66. The lowest BCUT2D eigenvalue weighted by molar-refractivity contribution is 0.0214. The molecule has 2 bridgehead atoms. The highest BCUT2D eigenvalue weighted by Crippen LogP contribution is 2.34. The van der Waals surface area contributed by atoms with Crippen molar-refractivity contribution in [3.63, 3.8) is 0 Å². The molecule has 2 aliphatic heterocycles. The fourth-order valence-corrected chi connectivity index (χ4v) is 3.06. The Morgan fingerprint density at radius 3 is 2.62 bits per heavy atom. The molecule has 2 aliphatic rings. The number of likely N-dealkylation sites (tertiary alicyclic amines) is 1. The van der Waals surface area contributed by atoms with Crippen molar-refractivity contribution in [2.24, 2.45) is 0 Å². The average Bonchev–Trinajstić information content (AvgIpc) is 2.97. The molecule has 0 unspecified atom stereocenters. The Labute approximate surface area is 124 Å². The van der Waals surface area contributed by atoms with Crippen LogP contribution in [-0.2, 0) is 4.74 Å². The summed E-state index contributed by atoms with van der Waals surface area (Å²) in [6.45, 7) is 7.18. The average molecular weight is 290 g/mol. The largest absolute Gasteiger partial charge is 0.444 e. The number of hydrogen-bond acceptors (Lipinski definition) is 5. The second-order valence-corrected chi connectivity index (χ2v) is 6.78. The van der Waals surface area contributed by atoms with Crippen molar-refractivity contribution in [3.8, 4) is 0 Å². The molecular weight excluding hydrogens is 268 g/mol. The van der Waals surface area contributed by atoms with Gasteiger partial charge in [0, 0.05) is 13.1 Å². The molecule has 1 aromatic rings. The zero-order valence-corrected chi connectivity index (χ0v) is 12.7. The normalized spacial score (nSPS) is 24.5. The lowest BCUT2D eigenvalue weighted by Gasteiger charge is -2.35. The number of fused-ring (bicyclic) bond motifs is 2. The second-order valence-electron chi connectivity index (χ2n) is 6.78. The zero-order chi connectivity index (χ0) is 15.2. The smallest absolute Gasteiger partial charge is 0.410 e. The van der Waals surface area contributed by atoms with Gasteiger partial charge in [0.1, 0.15) is 11.4 Å². The van der Waals surface area contributed by atoms with E-state index < -0.39 is 5.60 Å². The summed E-state index contributed by atoms with van der Waals surface area (Å²) in [7, 11) is 0. The van der Waals surface area contributed by atoms with Gasteiger partial charge in [-0.25, -0.2) is 9.78 Å². The molecule has 0 saturated carbocycles. The fourth-order valence-electron chi connectivity index (χ4n) is 3.06. The van der Waals surface area contributed by atoms with Gasteiger partial charge in [-0.2, -0.15) is 0 Å². The maximum atomic E-state index is 12.2. The number of rotatable bonds is 1. The second kappa shape index (κ2) is 4.79. The van der Waals surface area contributed by atoms with Crippen LogP contribution >= 0.6 is 0 Å². The highest BCUT2D eigenvalue weighted by Gasteiger charge is 2.46. The van der Waals surface area contributed by atoms with Crippen LogP contribution in [0.3, 0.4) is 0 Å². The molecule has 2 saturated heterocycles. The van der Waals surface area contributed by atoms with E-state index in [4.69, 9.17) is 10.5 Å². The van der Waals surface area contributed by atoms with E-state index in [0.29, 0.717) is 18.3 Å². The van der Waals surface area contributed by atoms with E-state index in [1.54, 1.807) is 6.20 Å². The van der Waals surface area contributed by atoms with E-state index in [1.165, 1.54) is 0 Å². The lowest BCUT2D eigenvalue weighted by Crippen LogP contribution is -2.50. The number of nitrogens with zero attached hydrogens (tertiary/aromatic N) is 3. The van der Waals surface area contributed by atoms with Crippen LogP contribution in [0.4, 0.5) is 16.3 Å². The molecule has 0 aliphatic carbocycles. The number of pyridine rings is 1. The molecule has 6 heteroatoms. The number of nitrogen functional groups attached to an aromatic ring is 1. The highest BCUT2D eigenvalue weighted by atomic mass is 16.6. The first-order chi connectivity index (χ1) is 9.83. The van der Waals surface area contributed by atoms with Crippen LogP contribution in [0.5, 0.6) is 0 Å². The van der Waals surface area contributed by atoms with E-state index in [1.807, 2.05) is 37.8 Å². The molecule has 6 nitrogen and oxygen atoms in total. The summed E-state index contributed by atoms with van der Waals surface area (Å²) >= 11 is 0. The monoisotopic (exact) mass is 290 g/mol. The minimum atomic E-state index is -0.447. The molecule has 1 amide bonds. The summed E-state index contributed by atoms with van der Waals surface area (Å²) in [5.41, 5.74) is 5.89. The van der Waals surface area contributed by atoms with Crippen molar-refractivity contribution in [3.05, 3.63) is 18.3 Å². The molecule has 0 spiro atoms. The molecule has 114 valence electrons. The Hall–Kier alpha value is -1.98. The summed E-state index contributed by atoms with van der Waals surface area (Å²) in [6.07, 6.45) is 2.44. The summed E-state index contributed by atoms with van der Waals surface area (Å²) in [5, 5.41) is 0. The van der Waals surface area contributed by atoms with Crippen molar-refractivity contribution >= 4 is 17.6 Å². The summed E-state index contributed by atoms with van der Waals surface area (Å²) in [4.78, 5) is 20.7. The van der Waals surface area contributed by atoms with Crippen LogP contribution in [0.1, 0.15) is 27.2 Å². The van der Waals surface area contributed by atoms with Gasteiger partial charge in [-0.3, -0.25) is 0 Å². The molecule has 21 heavy (non-hydrogen) atoms. The van der Waals surface area contributed by atoms with E-state index in [9.17, 15) is 4.79 Å². The van der Waals surface area contributed by atoms with Crippen LogP contribution in [0.25, 0.3) is 0 Å². The van der Waals surface area contributed by atoms with Crippen LogP contribution < -0.4 is 10.6 Å². The van der Waals surface area contributed by atoms with Crippen molar-refractivity contribution < 1.29 is 9.53 Å². The maximum absolute atomic E-state index is 12.2. The first-order valence-corrected chi connectivity index (χ1v) is 7.31. The third-order valence-electron chi connectivity index (χ3n) is 3.93. The number of amides is 1. The third kappa shape index (κ3) is 2.75. The number of carbonyl (C=O) groups is 1. The van der Waals surface area contributed by atoms with Crippen molar-refractivity contribution in [2.45, 2.75) is 44.9 Å². The Morgan fingerprint density at radius 1 is 1.33 bits per heavy atom. The molecule has 1 aromatic heterocycles. The van der Waals surface area contributed by atoms with E-state index >= 15 is 0 Å². The summed E-state index contributed by atoms with van der Waals surface area (Å²) in [6, 6.07) is 4.33. The van der Waals surface area contributed by atoms with Crippen LogP contribution in [0.2, 0.25) is 0 Å². The highest BCUT2D eigenvalue weighted by molar-refractivity contribution is 5.70. The van der Waals surface area contributed by atoms with Gasteiger partial charge in [0.15, 0.2) is 0 Å². The minimum absolute atomic E-state index is 0.208. The Bertz CT molecular complexity index is 538. The first kappa shape index (κ1) is 14.0. The molecule has 2 N–H and O–H groups in total. The quantitative estimate of drug-likeness (QED) is 0.854. The first-order valence-electron chi connectivity index (χ1n) is 7.31. The number of nitrogens with two attached hydrogens (primary N) is 1. The van der Waals surface area contributed by atoms with Crippen molar-refractivity contribution in [1.29, 1.82) is 0 Å². The van der Waals surface area contributed by atoms with Crippen LogP contribution in [0.15, 0.2) is 18.3 Å². The van der Waals surface area contributed by atoms with Crippen molar-refractivity contribution in [2.75, 3.05) is 23.7 Å². The number of aromatic nitrogens is 1. The number of hydrogen-bond donors (Lipinski definition) is 1. The zero-order valence-electron chi connectivity index (χ0n) is 12.7. The minimum Gasteiger partial charge on any atom is -0.444 e. The Kier molecular flexibility index (Phi) is 3.19. The SMILES string of the molecule is CC(C)(C)OC(=O)N1C[C@H]2C[C@H]1CN2c1ccc(N)cn1. The van der Waals surface area contributed by atoms with Gasteiger partial charge >= 0.3 is 6.09 Å². The van der Waals surface area contributed by atoms with Gasteiger partial charge in [0.2, 0.25) is 0 Å². The van der Waals surface area contributed by atoms with E-state index in [2.05, 4.69) is 9.88 Å². The number of ether oxygens (including phenoxy) is 1. The van der Waals surface area contributed by atoms with Gasteiger partial charge in [-0.05, 0) is 39.3 Å². The number of anilines is 2. The molecular formula is C15H22N4O2. The number of piperazine rings is 1. The van der Waals surface area contributed by atoms with E-state index in [0.717, 1.165) is 18.8 Å². The molecule has 0 aromatic carbocycles. The summed E-state index contributed by atoms with van der Waals surface area (Å²) in [5.74, 6) is 0.931. The van der Waals surface area contributed by atoms with Gasteiger partial charge in [-0.15, -0.1) is 0 Å². The predicted molar refractivity (Wildman–Crippen MR) is 81.1 cm³/mol. The molecule has 2 atom stereocenters. The lowest BCUT2D eigenvalue weighted by atomic mass is 10.2. The summed E-state index contributed by atoms with van der Waals surface area (Å²) < 4.78 is 5.47. The van der Waals surface area contributed by atoms with Gasteiger partial charge in [0.05, 0.1) is 24.0 Å². The van der Waals surface area contributed by atoms with Gasteiger partial charge in [-0.1, -0.05) is 0 Å². The topological polar surface area (TPSA) is 71.7 Å². The number of carbonyl (C=O) groups excluding carboxylic acids is 1. The fraction of sp³-hybridized carbons (Fsp3) is 0.600. The predicted octanol–water partition coefficient (Wildman–Crippen LogP) is 1.86. The molecule has 3 rings (SSSR count). The van der Waals surface area contributed by atoms with Crippen molar-refractivity contribution in [1.82, 2.24) is 9.88 Å². The molecule has 2 fully saturated rings.